The highest BCUT2D eigenvalue weighted by molar-refractivity contribution is 5.56. The van der Waals surface area contributed by atoms with E-state index in [4.69, 9.17) is 0 Å². The molecule has 0 spiro atoms. The Hall–Kier alpha value is -2.44. The molecule has 0 saturated heterocycles. The van der Waals surface area contributed by atoms with Crippen molar-refractivity contribution in [2.24, 2.45) is 0 Å². The zero-order valence-corrected chi connectivity index (χ0v) is 15.8. The van der Waals surface area contributed by atoms with Gasteiger partial charge in [0.15, 0.2) is 0 Å². The van der Waals surface area contributed by atoms with Gasteiger partial charge in [-0.1, -0.05) is 32.9 Å². The highest BCUT2D eigenvalue weighted by Gasteiger charge is 2.36. The first-order chi connectivity index (χ1) is 11.3. The third-order valence-electron chi connectivity index (χ3n) is 4.92. The summed E-state index contributed by atoms with van der Waals surface area (Å²) in [7, 11) is 0. The smallest absolute Gasteiger partial charge is 0.0612 e. The molecular formula is C22H26N2+2. The molecule has 24 heavy (non-hydrogen) atoms. The molecular weight excluding hydrogens is 292 g/mol. The molecule has 2 nitrogen and oxygen atoms in total. The average molecular weight is 318 g/mol. The van der Waals surface area contributed by atoms with Gasteiger partial charge in [0.2, 0.25) is 11.4 Å². The van der Waals surface area contributed by atoms with Gasteiger partial charge in [-0.2, -0.15) is 0 Å². The van der Waals surface area contributed by atoms with Crippen molar-refractivity contribution in [3.63, 3.8) is 0 Å². The Bertz CT molecular complexity index is 909. The molecule has 2 heteroatoms. The van der Waals surface area contributed by atoms with Crippen molar-refractivity contribution in [1.82, 2.24) is 0 Å². The van der Waals surface area contributed by atoms with Gasteiger partial charge >= 0.3 is 6.01 Å². The lowest BCUT2D eigenvalue weighted by atomic mass is 10.0. The van der Waals surface area contributed by atoms with Gasteiger partial charge in [-0.3, -0.25) is 0 Å². The Labute approximate surface area is 145 Å². The van der Waals surface area contributed by atoms with Gasteiger partial charge in [-0.05, 0) is 46.8 Å². The van der Waals surface area contributed by atoms with Crippen molar-refractivity contribution in [3.8, 4) is 0 Å². The molecule has 0 unspecified atom stereocenters. The van der Waals surface area contributed by atoms with Crippen LogP contribution in [-0.4, -0.2) is 15.2 Å². The molecule has 0 bridgehead atoms. The van der Waals surface area contributed by atoms with Crippen LogP contribution in [-0.2, 0) is 0 Å². The van der Waals surface area contributed by atoms with Crippen LogP contribution in [0, 0.1) is 34.6 Å². The third-order valence-corrected chi connectivity index (χ3v) is 4.92. The lowest BCUT2D eigenvalue weighted by Crippen LogP contribution is -2.03. The molecule has 1 aliphatic rings. The van der Waals surface area contributed by atoms with E-state index >= 15 is 0 Å². The zero-order valence-electron chi connectivity index (χ0n) is 15.8. The summed E-state index contributed by atoms with van der Waals surface area (Å²) in [4.78, 5) is 0. The van der Waals surface area contributed by atoms with Crippen LogP contribution in [0.25, 0.3) is 0 Å². The van der Waals surface area contributed by atoms with E-state index in [-0.39, 0.29) is 0 Å². The van der Waals surface area contributed by atoms with Gasteiger partial charge < -0.3 is 0 Å². The normalized spacial score (nSPS) is 14.1. The predicted molar refractivity (Wildman–Crippen MR) is 99.8 cm³/mol. The van der Waals surface area contributed by atoms with E-state index in [0.29, 0.717) is 0 Å². The first-order valence-corrected chi connectivity index (χ1v) is 8.49. The van der Waals surface area contributed by atoms with Crippen LogP contribution in [0.1, 0.15) is 41.7 Å². The molecule has 2 aromatic carbocycles. The number of rotatable bonds is 2. The minimum atomic E-state index is 1.23. The maximum absolute atomic E-state index is 3.60. The molecule has 1 aliphatic heterocycles. The lowest BCUT2D eigenvalue weighted by molar-refractivity contribution is -0.403. The monoisotopic (exact) mass is 318 g/mol. The number of aryl methyl sites for hydroxylation is 5. The van der Waals surface area contributed by atoms with Gasteiger partial charge in [0.25, 0.3) is 11.4 Å². The fourth-order valence-electron chi connectivity index (χ4n) is 3.69. The van der Waals surface area contributed by atoms with Crippen molar-refractivity contribution >= 4 is 17.4 Å². The summed E-state index contributed by atoms with van der Waals surface area (Å²) in [5, 5.41) is 0. The van der Waals surface area contributed by atoms with Crippen molar-refractivity contribution in [2.45, 2.75) is 48.5 Å². The standard InChI is InChI=1S/C22H26N2/c1-14-11-17(4)22(18(5)12-14)24-13-23(19(6)20(24)7)21-15(2)9-8-10-16(21)3/h8-12H,1-7H3/q+2. The van der Waals surface area contributed by atoms with E-state index in [9.17, 15) is 0 Å². The van der Waals surface area contributed by atoms with Crippen molar-refractivity contribution in [1.29, 1.82) is 0 Å². The van der Waals surface area contributed by atoms with Crippen LogP contribution < -0.4 is 0 Å². The number of allylic oxidation sites excluding steroid dienone is 2. The van der Waals surface area contributed by atoms with Gasteiger partial charge in [0.05, 0.1) is 0 Å². The molecule has 0 atom stereocenters. The molecule has 0 amide bonds. The Morgan fingerprint density at radius 2 is 1.04 bits per heavy atom. The molecule has 0 radical (unpaired) electrons. The minimum absolute atomic E-state index is 1.23. The molecule has 3 rings (SSSR count). The van der Waals surface area contributed by atoms with E-state index in [1.807, 2.05) is 0 Å². The van der Waals surface area contributed by atoms with Crippen molar-refractivity contribution in [3.05, 3.63) is 69.5 Å². The number of hydrogen-bond donors (Lipinski definition) is 0. The van der Waals surface area contributed by atoms with E-state index < -0.39 is 0 Å². The largest absolute Gasteiger partial charge is 0.502 e. The first kappa shape index (κ1) is 16.4. The van der Waals surface area contributed by atoms with Crippen molar-refractivity contribution < 1.29 is 9.15 Å². The molecule has 1 heterocycles. The minimum Gasteiger partial charge on any atom is -0.0612 e. The first-order valence-electron chi connectivity index (χ1n) is 8.49. The summed E-state index contributed by atoms with van der Waals surface area (Å²) >= 11 is 0. The maximum Gasteiger partial charge on any atom is 0.502 e. The SMILES string of the molecule is CC1=C(C)[N+](c2c(C)cc(C)cc2C)=C=[N+]1c1c(C)cccc1C. The molecule has 0 saturated carbocycles. The Kier molecular flexibility index (Phi) is 4.03. The molecule has 0 fully saturated rings. The Morgan fingerprint density at radius 3 is 1.50 bits per heavy atom. The highest BCUT2D eigenvalue weighted by atomic mass is 15.2. The van der Waals surface area contributed by atoms with E-state index in [1.165, 1.54) is 50.6 Å². The number of para-hydroxylation sites is 1. The molecule has 0 aromatic heterocycles. The second kappa shape index (κ2) is 5.89. The Balaban J connectivity index is 2.32. The summed E-state index contributed by atoms with van der Waals surface area (Å²) in [5.41, 5.74) is 11.4. The van der Waals surface area contributed by atoms with Crippen LogP contribution in [0.5, 0.6) is 0 Å². The lowest BCUT2D eigenvalue weighted by Gasteiger charge is -2.04. The highest BCUT2D eigenvalue weighted by Crippen LogP contribution is 2.33. The summed E-state index contributed by atoms with van der Waals surface area (Å²) in [5.74, 6) is 0. The maximum atomic E-state index is 3.60. The molecule has 0 N–H and O–H groups in total. The zero-order chi connectivity index (χ0) is 17.6. The van der Waals surface area contributed by atoms with Gasteiger partial charge in [0, 0.05) is 36.1 Å². The Morgan fingerprint density at radius 1 is 0.625 bits per heavy atom. The summed E-state index contributed by atoms with van der Waals surface area (Å²) in [6, 6.07) is 14.5. The second-order valence-corrected chi connectivity index (χ2v) is 6.93. The van der Waals surface area contributed by atoms with E-state index in [0.717, 1.165) is 0 Å². The molecule has 0 aliphatic carbocycles. The molecule has 2 aromatic rings. The average Bonchev–Trinajstić information content (AvgIpc) is 2.75. The number of hydrogen-bond acceptors (Lipinski definition) is 0. The van der Waals surface area contributed by atoms with Gasteiger partial charge in [0.1, 0.15) is 0 Å². The summed E-state index contributed by atoms with van der Waals surface area (Å²) in [6.07, 6.45) is 0. The van der Waals surface area contributed by atoms with Crippen LogP contribution >= 0.6 is 0 Å². The van der Waals surface area contributed by atoms with Crippen LogP contribution in [0.15, 0.2) is 41.7 Å². The molecule has 122 valence electrons. The van der Waals surface area contributed by atoms with Crippen LogP contribution in [0.3, 0.4) is 0 Å². The van der Waals surface area contributed by atoms with Gasteiger partial charge in [-0.25, -0.2) is 0 Å². The fraction of sp³-hybridized carbons (Fsp3) is 0.318. The summed E-state index contributed by atoms with van der Waals surface area (Å²) < 4.78 is 4.42. The number of nitrogens with zero attached hydrogens (tertiary/aromatic N) is 2. The topological polar surface area (TPSA) is 6.02 Å². The third kappa shape index (κ3) is 2.53. The van der Waals surface area contributed by atoms with Crippen molar-refractivity contribution in [2.75, 3.05) is 0 Å². The van der Waals surface area contributed by atoms with Crippen LogP contribution in [0.2, 0.25) is 0 Å². The quantitative estimate of drug-likeness (QED) is 0.631. The second-order valence-electron chi connectivity index (χ2n) is 6.93. The van der Waals surface area contributed by atoms with Crippen LogP contribution in [0.4, 0.5) is 11.4 Å². The van der Waals surface area contributed by atoms with E-state index in [2.05, 4.69) is 94.0 Å². The fourth-order valence-corrected chi connectivity index (χ4v) is 3.69. The predicted octanol–water partition coefficient (Wildman–Crippen LogP) is 5.66. The van der Waals surface area contributed by atoms with E-state index in [1.54, 1.807) is 0 Å². The number of benzene rings is 2. The summed E-state index contributed by atoms with van der Waals surface area (Å²) in [6.45, 7) is 15.2. The van der Waals surface area contributed by atoms with Gasteiger partial charge in [-0.15, -0.1) is 0 Å².